The van der Waals surface area contributed by atoms with Crippen molar-refractivity contribution in [3.05, 3.63) is 40.6 Å². The predicted molar refractivity (Wildman–Crippen MR) is 101 cm³/mol. The lowest BCUT2D eigenvalue weighted by Crippen LogP contribution is -2.55. The average molecular weight is 359 g/mol. The highest BCUT2D eigenvalue weighted by Gasteiger charge is 2.55. The Hall–Kier alpha value is -1.85. The summed E-state index contributed by atoms with van der Waals surface area (Å²) in [5, 5.41) is 11.3. The Bertz CT molecular complexity index is 711. The van der Waals surface area contributed by atoms with Gasteiger partial charge in [0.2, 0.25) is 0 Å². The van der Waals surface area contributed by atoms with Crippen LogP contribution in [0.2, 0.25) is 0 Å². The van der Waals surface area contributed by atoms with Gasteiger partial charge in [-0.1, -0.05) is 18.2 Å². The van der Waals surface area contributed by atoms with Crippen LogP contribution < -0.4 is 0 Å². The number of hydrogen-bond acceptors (Lipinski definition) is 4. The van der Waals surface area contributed by atoms with E-state index in [9.17, 15) is 9.90 Å². The fourth-order valence-corrected chi connectivity index (χ4v) is 4.60. The van der Waals surface area contributed by atoms with Crippen LogP contribution >= 0.6 is 0 Å². The van der Waals surface area contributed by atoms with Gasteiger partial charge >= 0.3 is 0 Å². The van der Waals surface area contributed by atoms with E-state index in [1.165, 1.54) is 0 Å². The first-order chi connectivity index (χ1) is 12.4. The highest BCUT2D eigenvalue weighted by Crippen LogP contribution is 2.49. The number of benzene rings is 1. The zero-order valence-electron chi connectivity index (χ0n) is 16.3. The van der Waals surface area contributed by atoms with Gasteiger partial charge in [0.25, 0.3) is 5.91 Å². The normalized spacial score (nSPS) is 27.5. The molecule has 0 bridgehead atoms. The topological polar surface area (TPSA) is 59.0 Å². The molecule has 1 aliphatic heterocycles. The standard InChI is InChI=1S/C21H29NO4/c1-13-7-6-8-14(2)17(13)18-19(23)21(11-9-16(26-5)10-12-21)22(20(18)24)15(3)25-4/h6-8,15-16,23H,9-12H2,1-5H3. The summed E-state index contributed by atoms with van der Waals surface area (Å²) in [5.41, 5.74) is 2.56. The molecule has 26 heavy (non-hydrogen) atoms. The van der Waals surface area contributed by atoms with Crippen LogP contribution in [0, 0.1) is 13.8 Å². The van der Waals surface area contributed by atoms with Gasteiger partial charge in [0.1, 0.15) is 17.5 Å². The molecule has 0 radical (unpaired) electrons. The molecule has 5 heteroatoms. The van der Waals surface area contributed by atoms with Crippen molar-refractivity contribution in [1.29, 1.82) is 0 Å². The molecular formula is C21H29NO4. The molecule has 1 aliphatic carbocycles. The van der Waals surface area contributed by atoms with Gasteiger partial charge in [-0.25, -0.2) is 0 Å². The summed E-state index contributed by atoms with van der Waals surface area (Å²) < 4.78 is 11.0. The molecule has 0 aromatic heterocycles. The van der Waals surface area contributed by atoms with E-state index in [4.69, 9.17) is 9.47 Å². The maximum Gasteiger partial charge on any atom is 0.260 e. The van der Waals surface area contributed by atoms with Crippen molar-refractivity contribution < 1.29 is 19.4 Å². The van der Waals surface area contributed by atoms with Gasteiger partial charge in [-0.05, 0) is 63.1 Å². The lowest BCUT2D eigenvalue weighted by atomic mass is 9.78. The minimum Gasteiger partial charge on any atom is -0.509 e. The van der Waals surface area contributed by atoms with Crippen molar-refractivity contribution in [3.63, 3.8) is 0 Å². The third-order valence-electron chi connectivity index (χ3n) is 6.10. The fraction of sp³-hybridized carbons (Fsp3) is 0.571. The monoisotopic (exact) mass is 359 g/mol. The van der Waals surface area contributed by atoms with Crippen molar-refractivity contribution in [2.45, 2.75) is 64.3 Å². The molecule has 142 valence electrons. The van der Waals surface area contributed by atoms with Gasteiger partial charge in [-0.15, -0.1) is 0 Å². The number of methoxy groups -OCH3 is 2. The number of carbonyl (C=O) groups is 1. The highest BCUT2D eigenvalue weighted by molar-refractivity contribution is 6.24. The van der Waals surface area contributed by atoms with Gasteiger partial charge in [0, 0.05) is 14.2 Å². The predicted octanol–water partition coefficient (Wildman–Crippen LogP) is 3.73. The first-order valence-corrected chi connectivity index (χ1v) is 9.27. The minimum absolute atomic E-state index is 0.148. The largest absolute Gasteiger partial charge is 0.509 e. The van der Waals surface area contributed by atoms with Gasteiger partial charge in [0.15, 0.2) is 0 Å². The number of aliphatic hydroxyl groups is 1. The number of aryl methyl sites for hydroxylation is 2. The summed E-state index contributed by atoms with van der Waals surface area (Å²) in [4.78, 5) is 15.2. The summed E-state index contributed by atoms with van der Waals surface area (Å²) in [6.07, 6.45) is 2.72. The number of nitrogens with zero attached hydrogens (tertiary/aromatic N) is 1. The van der Waals surface area contributed by atoms with E-state index < -0.39 is 11.8 Å². The zero-order valence-corrected chi connectivity index (χ0v) is 16.3. The van der Waals surface area contributed by atoms with Crippen LogP contribution in [0.1, 0.15) is 49.3 Å². The molecule has 1 atom stereocenters. The summed E-state index contributed by atoms with van der Waals surface area (Å²) >= 11 is 0. The fourth-order valence-electron chi connectivity index (χ4n) is 4.60. The summed E-state index contributed by atoms with van der Waals surface area (Å²) in [6.45, 7) is 5.82. The second kappa shape index (κ2) is 7.05. The second-order valence-corrected chi connectivity index (χ2v) is 7.47. The van der Waals surface area contributed by atoms with Crippen molar-refractivity contribution in [2.75, 3.05) is 14.2 Å². The number of rotatable bonds is 4. The van der Waals surface area contributed by atoms with Crippen LogP contribution in [0.3, 0.4) is 0 Å². The molecule has 1 spiro atoms. The number of carbonyl (C=O) groups excluding carboxylic acids is 1. The van der Waals surface area contributed by atoms with E-state index in [2.05, 4.69) is 0 Å². The molecule has 1 heterocycles. The van der Waals surface area contributed by atoms with Crippen molar-refractivity contribution >= 4 is 11.5 Å². The van der Waals surface area contributed by atoms with Crippen molar-refractivity contribution in [1.82, 2.24) is 4.90 Å². The molecule has 5 nitrogen and oxygen atoms in total. The van der Waals surface area contributed by atoms with E-state index in [0.29, 0.717) is 18.4 Å². The Morgan fingerprint density at radius 2 is 1.77 bits per heavy atom. The molecule has 1 unspecified atom stereocenters. The Kier molecular flexibility index (Phi) is 5.13. The molecule has 1 amide bonds. The van der Waals surface area contributed by atoms with Crippen LogP contribution in [0.5, 0.6) is 0 Å². The van der Waals surface area contributed by atoms with Crippen LogP contribution in [0.25, 0.3) is 5.57 Å². The highest BCUT2D eigenvalue weighted by atomic mass is 16.5. The number of amides is 1. The molecule has 0 saturated heterocycles. The second-order valence-electron chi connectivity index (χ2n) is 7.47. The van der Waals surface area contributed by atoms with Crippen LogP contribution in [0.4, 0.5) is 0 Å². The Morgan fingerprint density at radius 3 is 2.27 bits per heavy atom. The molecule has 1 aromatic rings. The van der Waals surface area contributed by atoms with Crippen molar-refractivity contribution in [2.24, 2.45) is 0 Å². The van der Waals surface area contributed by atoms with E-state index in [-0.39, 0.29) is 17.8 Å². The Morgan fingerprint density at radius 1 is 1.19 bits per heavy atom. The summed E-state index contributed by atoms with van der Waals surface area (Å²) in [6, 6.07) is 5.93. The number of aliphatic hydroxyl groups excluding tert-OH is 1. The maximum atomic E-state index is 13.4. The minimum atomic E-state index is -0.703. The summed E-state index contributed by atoms with van der Waals surface area (Å²) in [5.74, 6) is 0.0449. The molecule has 1 N–H and O–H groups in total. The molecule has 1 fully saturated rings. The quantitative estimate of drug-likeness (QED) is 0.890. The SMILES string of the molecule is COC1CCC2(CC1)C(O)=C(c1c(C)cccc1C)C(=O)N2C(C)OC. The van der Waals surface area contributed by atoms with Crippen molar-refractivity contribution in [3.8, 4) is 0 Å². The maximum absolute atomic E-state index is 13.4. The van der Waals surface area contributed by atoms with E-state index in [1.807, 2.05) is 39.0 Å². The zero-order chi connectivity index (χ0) is 19.1. The molecule has 2 aliphatic rings. The van der Waals surface area contributed by atoms with Gasteiger partial charge in [-0.3, -0.25) is 9.69 Å². The molecule has 3 rings (SSSR count). The van der Waals surface area contributed by atoms with Crippen LogP contribution in [-0.2, 0) is 14.3 Å². The third-order valence-corrected chi connectivity index (χ3v) is 6.10. The van der Waals surface area contributed by atoms with Crippen LogP contribution in [0.15, 0.2) is 24.0 Å². The lowest BCUT2D eigenvalue weighted by Gasteiger charge is -2.45. The first kappa shape index (κ1) is 18.9. The molecular weight excluding hydrogens is 330 g/mol. The van der Waals surface area contributed by atoms with E-state index >= 15 is 0 Å². The molecule has 1 saturated carbocycles. The van der Waals surface area contributed by atoms with Gasteiger partial charge in [0.05, 0.1) is 11.7 Å². The average Bonchev–Trinajstić information content (AvgIpc) is 2.83. The lowest BCUT2D eigenvalue weighted by molar-refractivity contribution is -0.149. The van der Waals surface area contributed by atoms with Gasteiger partial charge < -0.3 is 14.6 Å². The first-order valence-electron chi connectivity index (χ1n) is 9.27. The third kappa shape index (κ3) is 2.74. The smallest absolute Gasteiger partial charge is 0.260 e. The van der Waals surface area contributed by atoms with E-state index in [1.54, 1.807) is 19.1 Å². The molecule has 1 aromatic carbocycles. The van der Waals surface area contributed by atoms with Crippen LogP contribution in [-0.4, -0.2) is 48.0 Å². The van der Waals surface area contributed by atoms with Gasteiger partial charge in [-0.2, -0.15) is 0 Å². The number of hydrogen-bond donors (Lipinski definition) is 1. The Balaban J connectivity index is 2.14. The van der Waals surface area contributed by atoms with E-state index in [0.717, 1.165) is 29.5 Å². The summed E-state index contributed by atoms with van der Waals surface area (Å²) in [7, 11) is 3.32. The Labute approximate surface area is 155 Å². The number of ether oxygens (including phenoxy) is 2.